The molecule has 0 radical (unpaired) electrons. The van der Waals surface area contributed by atoms with Crippen LogP contribution in [0.2, 0.25) is 0 Å². The molecule has 1 rings (SSSR count). The first kappa shape index (κ1) is 15.8. The second kappa shape index (κ2) is 8.92. The Kier molecular flexibility index (Phi) is 7.85. The quantitative estimate of drug-likeness (QED) is 0.424. The van der Waals surface area contributed by atoms with E-state index in [0.29, 0.717) is 17.7 Å². The lowest BCUT2D eigenvalue weighted by Gasteiger charge is -2.13. The van der Waals surface area contributed by atoms with Crippen LogP contribution < -0.4 is 21.1 Å². The van der Waals surface area contributed by atoms with Gasteiger partial charge >= 0.3 is 0 Å². The van der Waals surface area contributed by atoms with Gasteiger partial charge in [-0.1, -0.05) is 6.58 Å². The van der Waals surface area contributed by atoms with Gasteiger partial charge in [-0.05, 0) is 19.1 Å². The molecule has 0 saturated heterocycles. The molecule has 0 aliphatic heterocycles. The van der Waals surface area contributed by atoms with Crippen LogP contribution >= 0.6 is 0 Å². The molecule has 0 aliphatic carbocycles. The summed E-state index contributed by atoms with van der Waals surface area (Å²) in [6, 6.07) is 3.75. The SMILES string of the molecule is C=CC=O.CCNc1cc(OC)c(N)cc1NC. The zero-order valence-electron chi connectivity index (χ0n) is 11.1. The monoisotopic (exact) mass is 251 g/mol. The largest absolute Gasteiger partial charge is 0.495 e. The maximum absolute atomic E-state index is 9.06. The lowest BCUT2D eigenvalue weighted by molar-refractivity contribution is -0.104. The van der Waals surface area contributed by atoms with E-state index in [4.69, 9.17) is 15.3 Å². The number of hydrogen-bond acceptors (Lipinski definition) is 5. The Morgan fingerprint density at radius 2 is 2.06 bits per heavy atom. The molecule has 0 saturated carbocycles. The smallest absolute Gasteiger partial charge is 0.143 e. The van der Waals surface area contributed by atoms with E-state index in [1.165, 1.54) is 6.08 Å². The molecular weight excluding hydrogens is 230 g/mol. The van der Waals surface area contributed by atoms with Gasteiger partial charge in [0.05, 0.1) is 24.2 Å². The first-order valence-electron chi connectivity index (χ1n) is 5.59. The van der Waals surface area contributed by atoms with Crippen molar-refractivity contribution >= 4 is 23.3 Å². The molecule has 0 unspecified atom stereocenters. The fraction of sp³-hybridized carbons (Fsp3) is 0.308. The molecule has 1 aromatic carbocycles. The van der Waals surface area contributed by atoms with Gasteiger partial charge in [-0.15, -0.1) is 0 Å². The summed E-state index contributed by atoms with van der Waals surface area (Å²) in [5.74, 6) is 0.694. The Morgan fingerprint density at radius 1 is 1.44 bits per heavy atom. The molecule has 100 valence electrons. The van der Waals surface area contributed by atoms with Gasteiger partial charge in [0.1, 0.15) is 12.0 Å². The molecule has 0 atom stereocenters. The Labute approximate surface area is 108 Å². The third-order valence-electron chi connectivity index (χ3n) is 2.10. The number of nitrogens with two attached hydrogens (primary N) is 1. The normalized spacial score (nSPS) is 8.61. The molecule has 0 heterocycles. The minimum atomic E-state index is 0.638. The highest BCUT2D eigenvalue weighted by Crippen LogP contribution is 2.32. The average Bonchev–Trinajstić information content (AvgIpc) is 2.40. The number of benzene rings is 1. The van der Waals surface area contributed by atoms with Crippen LogP contribution in [0.15, 0.2) is 24.8 Å². The topological polar surface area (TPSA) is 76.4 Å². The number of aldehydes is 1. The summed E-state index contributed by atoms with van der Waals surface area (Å²) in [6.07, 6.45) is 1.83. The highest BCUT2D eigenvalue weighted by Gasteiger charge is 2.06. The van der Waals surface area contributed by atoms with Gasteiger partial charge in [0, 0.05) is 19.7 Å². The van der Waals surface area contributed by atoms with Crippen LogP contribution in [0.3, 0.4) is 0 Å². The van der Waals surface area contributed by atoms with Crippen LogP contribution in [0.1, 0.15) is 6.92 Å². The van der Waals surface area contributed by atoms with Crippen LogP contribution in [0.5, 0.6) is 5.75 Å². The summed E-state index contributed by atoms with van der Waals surface area (Å²) in [5.41, 5.74) is 8.40. The fourth-order valence-electron chi connectivity index (χ4n) is 1.32. The molecule has 0 bridgehead atoms. The Balaban J connectivity index is 0.000000631. The lowest BCUT2D eigenvalue weighted by atomic mass is 10.2. The average molecular weight is 251 g/mol. The van der Waals surface area contributed by atoms with E-state index in [1.807, 2.05) is 26.1 Å². The maximum Gasteiger partial charge on any atom is 0.143 e. The van der Waals surface area contributed by atoms with E-state index in [1.54, 1.807) is 7.11 Å². The number of nitrogens with one attached hydrogen (secondary N) is 2. The summed E-state index contributed by atoms with van der Waals surface area (Å²) >= 11 is 0. The molecule has 0 fully saturated rings. The molecule has 5 heteroatoms. The first-order chi connectivity index (χ1) is 8.64. The predicted molar refractivity (Wildman–Crippen MR) is 77.4 cm³/mol. The number of ether oxygens (including phenoxy) is 1. The van der Waals surface area contributed by atoms with Crippen molar-refractivity contribution < 1.29 is 9.53 Å². The highest BCUT2D eigenvalue weighted by molar-refractivity contribution is 5.77. The number of methoxy groups -OCH3 is 1. The number of allylic oxidation sites excluding steroid dienone is 1. The van der Waals surface area contributed by atoms with Crippen molar-refractivity contribution in [2.75, 3.05) is 37.1 Å². The van der Waals surface area contributed by atoms with E-state index in [0.717, 1.165) is 17.9 Å². The Bertz CT molecular complexity index is 386. The van der Waals surface area contributed by atoms with Gasteiger partial charge in [-0.25, -0.2) is 0 Å². The minimum Gasteiger partial charge on any atom is -0.495 e. The van der Waals surface area contributed by atoms with E-state index in [-0.39, 0.29) is 0 Å². The van der Waals surface area contributed by atoms with Crippen molar-refractivity contribution in [3.63, 3.8) is 0 Å². The zero-order valence-corrected chi connectivity index (χ0v) is 11.1. The minimum absolute atomic E-state index is 0.638. The Hall–Kier alpha value is -2.17. The second-order valence-electron chi connectivity index (χ2n) is 3.29. The molecule has 4 N–H and O–H groups in total. The number of nitrogen functional groups attached to an aromatic ring is 1. The van der Waals surface area contributed by atoms with Crippen molar-refractivity contribution in [1.29, 1.82) is 0 Å². The molecule has 0 aromatic heterocycles. The molecule has 1 aromatic rings. The van der Waals surface area contributed by atoms with Crippen molar-refractivity contribution in [1.82, 2.24) is 0 Å². The summed E-state index contributed by atoms with van der Waals surface area (Å²) in [4.78, 5) is 9.06. The van der Waals surface area contributed by atoms with Gasteiger partial charge in [0.15, 0.2) is 0 Å². The summed E-state index contributed by atoms with van der Waals surface area (Å²) in [5, 5.41) is 6.31. The third kappa shape index (κ3) is 4.78. The van der Waals surface area contributed by atoms with E-state index in [9.17, 15) is 0 Å². The molecule has 5 nitrogen and oxygen atoms in total. The highest BCUT2D eigenvalue weighted by atomic mass is 16.5. The summed E-state index contributed by atoms with van der Waals surface area (Å²) in [6.45, 7) is 6.02. The van der Waals surface area contributed by atoms with Gasteiger partial charge in [-0.2, -0.15) is 0 Å². The van der Waals surface area contributed by atoms with Gasteiger partial charge < -0.3 is 21.1 Å². The van der Waals surface area contributed by atoms with Crippen LogP contribution in [-0.4, -0.2) is 27.0 Å². The van der Waals surface area contributed by atoms with Crippen LogP contribution in [-0.2, 0) is 4.79 Å². The lowest BCUT2D eigenvalue weighted by Crippen LogP contribution is -2.03. The summed E-state index contributed by atoms with van der Waals surface area (Å²) in [7, 11) is 3.47. The van der Waals surface area contributed by atoms with Crippen LogP contribution in [0, 0.1) is 0 Å². The number of hydrogen-bond donors (Lipinski definition) is 3. The number of carbonyl (C=O) groups is 1. The standard InChI is InChI=1S/C10H17N3O.C3H4O/c1-4-13-9-6-10(14-3)7(11)5-8(9)12-2;1-2-3-4/h5-6,12-13H,4,11H2,1-3H3;2-3H,1H2. The summed E-state index contributed by atoms with van der Waals surface area (Å²) < 4.78 is 5.14. The molecule has 0 aliphatic rings. The molecular formula is C13H21N3O2. The molecule has 0 spiro atoms. The van der Waals surface area contributed by atoms with E-state index < -0.39 is 0 Å². The van der Waals surface area contributed by atoms with Crippen LogP contribution in [0.25, 0.3) is 0 Å². The second-order valence-corrected chi connectivity index (χ2v) is 3.29. The first-order valence-corrected chi connectivity index (χ1v) is 5.59. The van der Waals surface area contributed by atoms with Gasteiger partial charge in [-0.3, -0.25) is 4.79 Å². The van der Waals surface area contributed by atoms with E-state index in [2.05, 4.69) is 17.2 Å². The van der Waals surface area contributed by atoms with Crippen molar-refractivity contribution in [2.45, 2.75) is 6.92 Å². The van der Waals surface area contributed by atoms with Crippen LogP contribution in [0.4, 0.5) is 17.1 Å². The Morgan fingerprint density at radius 3 is 2.44 bits per heavy atom. The molecule has 18 heavy (non-hydrogen) atoms. The van der Waals surface area contributed by atoms with Gasteiger partial charge in [0.25, 0.3) is 0 Å². The van der Waals surface area contributed by atoms with Crippen molar-refractivity contribution in [3.05, 3.63) is 24.8 Å². The fourth-order valence-corrected chi connectivity index (χ4v) is 1.32. The maximum atomic E-state index is 9.06. The van der Waals surface area contributed by atoms with E-state index >= 15 is 0 Å². The van der Waals surface area contributed by atoms with Crippen molar-refractivity contribution in [3.8, 4) is 5.75 Å². The predicted octanol–water partition coefficient (Wildman–Crippen LogP) is 2.12. The number of carbonyl (C=O) groups excluding carboxylic acids is 1. The van der Waals surface area contributed by atoms with Crippen molar-refractivity contribution in [2.24, 2.45) is 0 Å². The molecule has 0 amide bonds. The number of rotatable bonds is 5. The number of anilines is 3. The zero-order chi connectivity index (χ0) is 14.0. The van der Waals surface area contributed by atoms with Gasteiger partial charge in [0.2, 0.25) is 0 Å². The third-order valence-corrected chi connectivity index (χ3v) is 2.10.